The van der Waals surface area contributed by atoms with Crippen LogP contribution in [0.3, 0.4) is 0 Å². The molecule has 132 valence electrons. The maximum atomic E-state index is 13.1. The van der Waals surface area contributed by atoms with Crippen molar-refractivity contribution in [2.75, 3.05) is 26.2 Å². The van der Waals surface area contributed by atoms with Crippen molar-refractivity contribution in [3.8, 4) is 0 Å². The number of hydrogen-bond donors (Lipinski definition) is 1. The lowest BCUT2D eigenvalue weighted by Gasteiger charge is -2.44. The molecule has 2 aliphatic rings. The summed E-state index contributed by atoms with van der Waals surface area (Å²) >= 11 is 0. The highest BCUT2D eigenvalue weighted by atomic mass is 19.1. The van der Waals surface area contributed by atoms with Crippen molar-refractivity contribution in [1.82, 2.24) is 15.1 Å². The monoisotopic (exact) mass is 333 g/mol. The van der Waals surface area contributed by atoms with Crippen molar-refractivity contribution >= 4 is 6.03 Å². The van der Waals surface area contributed by atoms with E-state index in [0.29, 0.717) is 0 Å². The third-order valence-electron chi connectivity index (χ3n) is 5.05. The Bertz CT molecular complexity index is 566. The van der Waals surface area contributed by atoms with Crippen LogP contribution in [0.2, 0.25) is 0 Å². The van der Waals surface area contributed by atoms with Crippen LogP contribution in [-0.4, -0.2) is 47.5 Å². The quantitative estimate of drug-likeness (QED) is 0.915. The number of rotatable bonds is 4. The first-order valence-corrected chi connectivity index (χ1v) is 9.01. The van der Waals surface area contributed by atoms with Gasteiger partial charge in [0.1, 0.15) is 5.82 Å². The second kappa shape index (κ2) is 7.09. The first-order valence-electron chi connectivity index (χ1n) is 9.01. The Morgan fingerprint density at radius 1 is 1.17 bits per heavy atom. The highest BCUT2D eigenvalue weighted by molar-refractivity contribution is 5.76. The van der Waals surface area contributed by atoms with Crippen molar-refractivity contribution < 1.29 is 9.18 Å². The fourth-order valence-electron chi connectivity index (χ4n) is 3.74. The summed E-state index contributed by atoms with van der Waals surface area (Å²) in [6.45, 7) is 8.07. The Kier molecular flexibility index (Phi) is 5.09. The van der Waals surface area contributed by atoms with Gasteiger partial charge in [-0.15, -0.1) is 0 Å². The standard InChI is InChI=1S/C19H28FN3O/c1-19(2,14-22-11-4-3-5-12-22)21-18(24)23-13-10-17(23)15-6-8-16(20)9-7-15/h6-9,17H,3-5,10-14H2,1-2H3,(H,21,24). The number of likely N-dealkylation sites (tertiary alicyclic amines) is 2. The zero-order valence-corrected chi connectivity index (χ0v) is 14.7. The molecule has 4 nitrogen and oxygen atoms in total. The molecule has 2 aliphatic heterocycles. The van der Waals surface area contributed by atoms with Gasteiger partial charge < -0.3 is 15.1 Å². The number of hydrogen-bond acceptors (Lipinski definition) is 2. The molecule has 1 atom stereocenters. The van der Waals surface area contributed by atoms with Crippen LogP contribution in [0.4, 0.5) is 9.18 Å². The van der Waals surface area contributed by atoms with Crippen LogP contribution in [0.5, 0.6) is 0 Å². The fraction of sp³-hybridized carbons (Fsp3) is 0.632. The Balaban J connectivity index is 1.56. The van der Waals surface area contributed by atoms with Gasteiger partial charge in [-0.3, -0.25) is 0 Å². The van der Waals surface area contributed by atoms with Gasteiger partial charge in [0.15, 0.2) is 0 Å². The molecule has 0 saturated carbocycles. The van der Waals surface area contributed by atoms with Crippen molar-refractivity contribution in [3.63, 3.8) is 0 Å². The summed E-state index contributed by atoms with van der Waals surface area (Å²) < 4.78 is 13.1. The van der Waals surface area contributed by atoms with Crippen molar-refractivity contribution in [1.29, 1.82) is 0 Å². The smallest absolute Gasteiger partial charge is 0.318 e. The Morgan fingerprint density at radius 2 is 1.83 bits per heavy atom. The van der Waals surface area contributed by atoms with Crippen LogP contribution in [-0.2, 0) is 0 Å². The molecule has 2 saturated heterocycles. The number of nitrogens with one attached hydrogen (secondary N) is 1. The second-order valence-corrected chi connectivity index (χ2v) is 7.70. The van der Waals surface area contributed by atoms with Gasteiger partial charge in [0.05, 0.1) is 6.04 Å². The summed E-state index contributed by atoms with van der Waals surface area (Å²) in [5.74, 6) is -0.239. The molecule has 1 aromatic rings. The molecular weight excluding hydrogens is 305 g/mol. The van der Waals surface area contributed by atoms with Gasteiger partial charge in [-0.05, 0) is 63.9 Å². The number of nitrogens with zero attached hydrogens (tertiary/aromatic N) is 2. The average Bonchev–Trinajstić information content (AvgIpc) is 2.48. The fourth-order valence-corrected chi connectivity index (χ4v) is 3.74. The molecule has 2 heterocycles. The number of urea groups is 1. The molecular formula is C19H28FN3O. The van der Waals surface area contributed by atoms with Crippen LogP contribution in [0.1, 0.15) is 51.1 Å². The lowest BCUT2D eigenvalue weighted by atomic mass is 9.95. The molecule has 0 bridgehead atoms. The van der Waals surface area contributed by atoms with Gasteiger partial charge in [-0.25, -0.2) is 9.18 Å². The summed E-state index contributed by atoms with van der Waals surface area (Å²) in [5, 5.41) is 3.19. The van der Waals surface area contributed by atoms with E-state index in [4.69, 9.17) is 0 Å². The molecule has 1 aromatic carbocycles. The Morgan fingerprint density at radius 3 is 2.42 bits per heavy atom. The maximum Gasteiger partial charge on any atom is 0.318 e. The second-order valence-electron chi connectivity index (χ2n) is 7.70. The first kappa shape index (κ1) is 17.2. The third-order valence-corrected chi connectivity index (χ3v) is 5.05. The topological polar surface area (TPSA) is 35.6 Å². The van der Waals surface area contributed by atoms with Gasteiger partial charge in [-0.2, -0.15) is 0 Å². The van der Waals surface area contributed by atoms with E-state index in [1.165, 1.54) is 31.4 Å². The Hall–Kier alpha value is -1.62. The number of carbonyl (C=O) groups excluding carboxylic acids is 1. The van der Waals surface area contributed by atoms with Gasteiger partial charge in [-0.1, -0.05) is 18.6 Å². The van der Waals surface area contributed by atoms with Crippen molar-refractivity contribution in [3.05, 3.63) is 35.6 Å². The predicted molar refractivity (Wildman–Crippen MR) is 93.4 cm³/mol. The van der Waals surface area contributed by atoms with Crippen molar-refractivity contribution in [2.24, 2.45) is 0 Å². The number of benzene rings is 1. The largest absolute Gasteiger partial charge is 0.332 e. The minimum atomic E-state index is -0.253. The summed E-state index contributed by atoms with van der Waals surface area (Å²) in [4.78, 5) is 16.9. The van der Waals surface area contributed by atoms with E-state index in [9.17, 15) is 9.18 Å². The first-order chi connectivity index (χ1) is 11.4. The number of carbonyl (C=O) groups is 1. The summed E-state index contributed by atoms with van der Waals surface area (Å²) in [7, 11) is 0. The number of amides is 2. The number of halogens is 1. The lowest BCUT2D eigenvalue weighted by molar-refractivity contribution is 0.102. The zero-order chi connectivity index (χ0) is 17.2. The normalized spacial score (nSPS) is 22.1. The van der Waals surface area contributed by atoms with E-state index in [1.54, 1.807) is 12.1 Å². The van der Waals surface area contributed by atoms with Crippen LogP contribution in [0.25, 0.3) is 0 Å². The van der Waals surface area contributed by atoms with Crippen LogP contribution in [0.15, 0.2) is 24.3 Å². The van der Waals surface area contributed by atoms with Crippen LogP contribution >= 0.6 is 0 Å². The highest BCUT2D eigenvalue weighted by Gasteiger charge is 2.36. The summed E-state index contributed by atoms with van der Waals surface area (Å²) in [6.07, 6.45) is 4.76. The van der Waals surface area contributed by atoms with Gasteiger partial charge in [0.25, 0.3) is 0 Å². The summed E-state index contributed by atoms with van der Waals surface area (Å²) in [5.41, 5.74) is 0.754. The molecule has 1 N–H and O–H groups in total. The lowest BCUT2D eigenvalue weighted by Crippen LogP contribution is -2.58. The predicted octanol–water partition coefficient (Wildman–Crippen LogP) is 3.55. The van der Waals surface area contributed by atoms with Crippen LogP contribution < -0.4 is 5.32 Å². The van der Waals surface area contributed by atoms with E-state index < -0.39 is 0 Å². The maximum absolute atomic E-state index is 13.1. The molecule has 5 heteroatoms. The molecule has 1 unspecified atom stereocenters. The van der Waals surface area contributed by atoms with Crippen molar-refractivity contribution in [2.45, 2.75) is 51.1 Å². The minimum absolute atomic E-state index is 0.0161. The van der Waals surface area contributed by atoms with E-state index in [-0.39, 0.29) is 23.4 Å². The molecule has 3 rings (SSSR count). The molecule has 0 aromatic heterocycles. The van der Waals surface area contributed by atoms with E-state index in [1.807, 2.05) is 4.90 Å². The molecule has 0 aliphatic carbocycles. The zero-order valence-electron chi connectivity index (χ0n) is 14.7. The highest BCUT2D eigenvalue weighted by Crippen LogP contribution is 2.33. The van der Waals surface area contributed by atoms with Gasteiger partial charge in [0, 0.05) is 18.6 Å². The molecule has 2 fully saturated rings. The third kappa shape index (κ3) is 4.07. The molecule has 24 heavy (non-hydrogen) atoms. The number of piperidine rings is 1. The summed E-state index contributed by atoms with van der Waals surface area (Å²) in [6, 6.07) is 6.53. The van der Waals surface area contributed by atoms with Gasteiger partial charge >= 0.3 is 6.03 Å². The molecule has 2 amide bonds. The SMILES string of the molecule is CC(C)(CN1CCCCC1)NC(=O)N1CCC1c1ccc(F)cc1. The average molecular weight is 333 g/mol. The van der Waals surface area contributed by atoms with E-state index >= 15 is 0 Å². The van der Waals surface area contributed by atoms with E-state index in [2.05, 4.69) is 24.1 Å². The molecule has 0 radical (unpaired) electrons. The Labute approximate surface area is 144 Å². The van der Waals surface area contributed by atoms with Crippen LogP contribution in [0, 0.1) is 5.82 Å². The minimum Gasteiger partial charge on any atom is -0.332 e. The molecule has 0 spiro atoms. The van der Waals surface area contributed by atoms with Gasteiger partial charge in [0.2, 0.25) is 0 Å². The van der Waals surface area contributed by atoms with E-state index in [0.717, 1.165) is 38.2 Å².